The molecule has 0 aromatic carbocycles. The molecule has 1 aliphatic heterocycles. The van der Waals surface area contributed by atoms with E-state index in [0.717, 1.165) is 44.3 Å². The predicted octanol–water partition coefficient (Wildman–Crippen LogP) is 2.66. The van der Waals surface area contributed by atoms with Crippen LogP contribution in [-0.4, -0.2) is 37.5 Å². The van der Waals surface area contributed by atoms with Crippen molar-refractivity contribution in [2.75, 3.05) is 26.7 Å². The lowest BCUT2D eigenvalue weighted by molar-refractivity contribution is -0.126. The maximum absolute atomic E-state index is 12.1. The summed E-state index contributed by atoms with van der Waals surface area (Å²) in [5.74, 6) is 2.35. The Kier molecular flexibility index (Phi) is 5.68. The normalized spacial score (nSPS) is 30.2. The number of piperidine rings is 1. The van der Waals surface area contributed by atoms with Crippen molar-refractivity contribution in [3.05, 3.63) is 0 Å². The summed E-state index contributed by atoms with van der Waals surface area (Å²) < 4.78 is 0. The minimum Gasteiger partial charge on any atom is -0.356 e. The molecule has 0 atom stereocenters. The average molecular weight is 266 g/mol. The van der Waals surface area contributed by atoms with E-state index in [1.54, 1.807) is 0 Å². The summed E-state index contributed by atoms with van der Waals surface area (Å²) in [6.07, 6.45) is 8.75. The standard InChI is InChI=1S/C16H30N2O/c1-13-3-5-14(6-4-13)7-10-17-16(19)15-8-11-18(2)12-9-15/h13-15H,3-12H2,1-2H3,(H,17,19). The number of amides is 1. The molecule has 1 heterocycles. The Morgan fingerprint density at radius 1 is 1.11 bits per heavy atom. The van der Waals surface area contributed by atoms with Gasteiger partial charge < -0.3 is 10.2 Å². The van der Waals surface area contributed by atoms with Gasteiger partial charge in [-0.05, 0) is 51.2 Å². The van der Waals surface area contributed by atoms with Crippen molar-refractivity contribution in [2.24, 2.45) is 17.8 Å². The van der Waals surface area contributed by atoms with Crippen molar-refractivity contribution in [3.63, 3.8) is 0 Å². The molecule has 110 valence electrons. The van der Waals surface area contributed by atoms with Crippen LogP contribution in [-0.2, 0) is 4.79 Å². The van der Waals surface area contributed by atoms with Gasteiger partial charge in [-0.3, -0.25) is 4.79 Å². The lowest BCUT2D eigenvalue weighted by atomic mass is 9.81. The molecule has 0 radical (unpaired) electrons. The van der Waals surface area contributed by atoms with Crippen LogP contribution in [0.4, 0.5) is 0 Å². The van der Waals surface area contributed by atoms with E-state index >= 15 is 0 Å². The molecule has 2 aliphatic rings. The topological polar surface area (TPSA) is 32.3 Å². The third-order valence-electron chi connectivity index (χ3n) is 5.08. The summed E-state index contributed by atoms with van der Waals surface area (Å²) in [6, 6.07) is 0. The van der Waals surface area contributed by atoms with E-state index in [0.29, 0.717) is 5.91 Å². The van der Waals surface area contributed by atoms with Crippen molar-refractivity contribution in [1.82, 2.24) is 10.2 Å². The van der Waals surface area contributed by atoms with Gasteiger partial charge in [-0.2, -0.15) is 0 Å². The van der Waals surface area contributed by atoms with Crippen molar-refractivity contribution >= 4 is 5.91 Å². The first-order valence-corrected chi connectivity index (χ1v) is 8.11. The third-order valence-corrected chi connectivity index (χ3v) is 5.08. The second kappa shape index (κ2) is 7.28. The summed E-state index contributed by atoms with van der Waals surface area (Å²) in [5, 5.41) is 3.17. The summed E-state index contributed by atoms with van der Waals surface area (Å²) in [5.41, 5.74) is 0. The smallest absolute Gasteiger partial charge is 0.223 e. The second-order valence-corrected chi connectivity index (χ2v) is 6.78. The molecule has 19 heavy (non-hydrogen) atoms. The van der Waals surface area contributed by atoms with Crippen LogP contribution in [0.15, 0.2) is 0 Å². The SMILES string of the molecule is CC1CCC(CCNC(=O)C2CCN(C)CC2)CC1. The molecule has 0 spiro atoms. The predicted molar refractivity (Wildman–Crippen MR) is 79.0 cm³/mol. The number of carbonyl (C=O) groups excluding carboxylic acids is 1. The minimum absolute atomic E-state index is 0.266. The zero-order valence-corrected chi connectivity index (χ0v) is 12.7. The number of likely N-dealkylation sites (tertiary alicyclic amines) is 1. The van der Waals surface area contributed by atoms with Gasteiger partial charge in [-0.1, -0.05) is 32.6 Å². The number of carbonyl (C=O) groups is 1. The molecule has 1 aliphatic carbocycles. The molecule has 1 saturated carbocycles. The second-order valence-electron chi connectivity index (χ2n) is 6.78. The summed E-state index contributed by atoms with van der Waals surface area (Å²) in [4.78, 5) is 14.4. The molecule has 0 bridgehead atoms. The fourth-order valence-electron chi connectivity index (χ4n) is 3.43. The van der Waals surface area contributed by atoms with Gasteiger partial charge in [0.15, 0.2) is 0 Å². The van der Waals surface area contributed by atoms with Crippen LogP contribution in [0.25, 0.3) is 0 Å². The molecule has 0 unspecified atom stereocenters. The van der Waals surface area contributed by atoms with Crippen LogP contribution in [0.3, 0.4) is 0 Å². The highest BCUT2D eigenvalue weighted by atomic mass is 16.1. The van der Waals surface area contributed by atoms with Gasteiger partial charge in [-0.15, -0.1) is 0 Å². The van der Waals surface area contributed by atoms with Crippen molar-refractivity contribution in [3.8, 4) is 0 Å². The van der Waals surface area contributed by atoms with Crippen molar-refractivity contribution in [1.29, 1.82) is 0 Å². The highest BCUT2D eigenvalue weighted by Gasteiger charge is 2.23. The summed E-state index contributed by atoms with van der Waals surface area (Å²) >= 11 is 0. The molecule has 0 aromatic rings. The number of hydrogen-bond acceptors (Lipinski definition) is 2. The first-order chi connectivity index (χ1) is 9.15. The molecule has 2 fully saturated rings. The van der Waals surface area contributed by atoms with E-state index in [-0.39, 0.29) is 5.92 Å². The molecule has 1 N–H and O–H groups in total. The average Bonchev–Trinajstić information content (AvgIpc) is 2.41. The Labute approximate surface area is 118 Å². The Balaban J connectivity index is 1.59. The molecular weight excluding hydrogens is 236 g/mol. The van der Waals surface area contributed by atoms with E-state index in [4.69, 9.17) is 0 Å². The number of nitrogens with one attached hydrogen (secondary N) is 1. The molecule has 3 nitrogen and oxygen atoms in total. The molecular formula is C16H30N2O. The molecule has 1 amide bonds. The molecule has 1 saturated heterocycles. The summed E-state index contributed by atoms with van der Waals surface area (Å²) in [6.45, 7) is 5.39. The highest BCUT2D eigenvalue weighted by Crippen LogP contribution is 2.30. The monoisotopic (exact) mass is 266 g/mol. The van der Waals surface area contributed by atoms with Crippen LogP contribution < -0.4 is 5.32 Å². The van der Waals surface area contributed by atoms with E-state index in [1.807, 2.05) is 0 Å². The fourth-order valence-corrected chi connectivity index (χ4v) is 3.43. The number of nitrogens with zero attached hydrogens (tertiary/aromatic N) is 1. The van der Waals surface area contributed by atoms with E-state index in [2.05, 4.69) is 24.2 Å². The minimum atomic E-state index is 0.266. The van der Waals surface area contributed by atoms with E-state index in [1.165, 1.54) is 32.1 Å². The Bertz CT molecular complexity index is 276. The van der Waals surface area contributed by atoms with Crippen LogP contribution in [0.1, 0.15) is 51.9 Å². The van der Waals surface area contributed by atoms with Crippen LogP contribution in [0.5, 0.6) is 0 Å². The van der Waals surface area contributed by atoms with E-state index in [9.17, 15) is 4.79 Å². The fraction of sp³-hybridized carbons (Fsp3) is 0.938. The van der Waals surface area contributed by atoms with Gasteiger partial charge in [0.1, 0.15) is 0 Å². The number of rotatable bonds is 4. The zero-order chi connectivity index (χ0) is 13.7. The van der Waals surface area contributed by atoms with Crippen LogP contribution >= 0.6 is 0 Å². The summed E-state index contributed by atoms with van der Waals surface area (Å²) in [7, 11) is 2.14. The first-order valence-electron chi connectivity index (χ1n) is 8.11. The lowest BCUT2D eigenvalue weighted by Crippen LogP contribution is -2.39. The van der Waals surface area contributed by atoms with Gasteiger partial charge in [0.25, 0.3) is 0 Å². The Morgan fingerprint density at radius 3 is 2.37 bits per heavy atom. The van der Waals surface area contributed by atoms with Crippen LogP contribution in [0, 0.1) is 17.8 Å². The third kappa shape index (κ3) is 4.79. The molecule has 0 aromatic heterocycles. The van der Waals surface area contributed by atoms with Gasteiger partial charge in [-0.25, -0.2) is 0 Å². The van der Waals surface area contributed by atoms with Crippen molar-refractivity contribution < 1.29 is 4.79 Å². The van der Waals surface area contributed by atoms with Gasteiger partial charge in [0.05, 0.1) is 0 Å². The van der Waals surface area contributed by atoms with Gasteiger partial charge >= 0.3 is 0 Å². The number of hydrogen-bond donors (Lipinski definition) is 1. The maximum atomic E-state index is 12.1. The maximum Gasteiger partial charge on any atom is 0.223 e. The van der Waals surface area contributed by atoms with Gasteiger partial charge in [0, 0.05) is 12.5 Å². The Hall–Kier alpha value is -0.570. The van der Waals surface area contributed by atoms with Crippen molar-refractivity contribution in [2.45, 2.75) is 51.9 Å². The van der Waals surface area contributed by atoms with Crippen LogP contribution in [0.2, 0.25) is 0 Å². The first kappa shape index (κ1) is 14.8. The largest absolute Gasteiger partial charge is 0.356 e. The highest BCUT2D eigenvalue weighted by molar-refractivity contribution is 5.78. The van der Waals surface area contributed by atoms with E-state index < -0.39 is 0 Å². The Morgan fingerprint density at radius 2 is 1.74 bits per heavy atom. The zero-order valence-electron chi connectivity index (χ0n) is 12.7. The van der Waals surface area contributed by atoms with Gasteiger partial charge in [0.2, 0.25) is 5.91 Å². The molecule has 2 rings (SSSR count). The molecule has 3 heteroatoms. The lowest BCUT2D eigenvalue weighted by Gasteiger charge is -2.29. The quantitative estimate of drug-likeness (QED) is 0.848.